The number of benzene rings is 1. The van der Waals surface area contributed by atoms with Crippen LogP contribution in [0.4, 0.5) is 0 Å². The van der Waals surface area contributed by atoms with Gasteiger partial charge >= 0.3 is 0 Å². The molecule has 0 bridgehead atoms. The highest BCUT2D eigenvalue weighted by Crippen LogP contribution is 2.25. The summed E-state index contributed by atoms with van der Waals surface area (Å²) < 4.78 is 5.42. The summed E-state index contributed by atoms with van der Waals surface area (Å²) in [5.74, 6) is 0.600. The van der Waals surface area contributed by atoms with Gasteiger partial charge in [0.1, 0.15) is 5.69 Å². The fourth-order valence-corrected chi connectivity index (χ4v) is 2.59. The lowest BCUT2D eigenvalue weighted by molar-refractivity contribution is 0.0954. The molecule has 0 atom stereocenters. The lowest BCUT2D eigenvalue weighted by Gasteiger charge is -2.09. The van der Waals surface area contributed by atoms with Crippen molar-refractivity contribution in [2.24, 2.45) is 0 Å². The van der Waals surface area contributed by atoms with Crippen LogP contribution in [0.1, 0.15) is 36.5 Å². The van der Waals surface area contributed by atoms with Crippen molar-refractivity contribution in [2.75, 3.05) is 6.54 Å². The Labute approximate surface area is 135 Å². The van der Waals surface area contributed by atoms with Crippen molar-refractivity contribution in [3.63, 3.8) is 0 Å². The van der Waals surface area contributed by atoms with Crippen LogP contribution in [0, 0.1) is 0 Å². The lowest BCUT2D eigenvalue weighted by Crippen LogP contribution is -2.24. The Morgan fingerprint density at radius 1 is 1.17 bits per heavy atom. The molecule has 0 aliphatic carbocycles. The molecule has 0 aliphatic rings. The molecule has 2 heterocycles. The van der Waals surface area contributed by atoms with E-state index in [9.17, 15) is 4.79 Å². The normalized spacial score (nSPS) is 10.8. The minimum absolute atomic E-state index is 0.0625. The van der Waals surface area contributed by atoms with Crippen molar-refractivity contribution in [3.8, 4) is 11.5 Å². The highest BCUT2D eigenvalue weighted by atomic mass is 16.3. The Morgan fingerprint density at radius 2 is 2.04 bits per heavy atom. The van der Waals surface area contributed by atoms with Crippen LogP contribution in [0.5, 0.6) is 0 Å². The SMILES string of the molecule is CCCCCNC(=O)c1cc(-c2ccco2)nc2ccccc12. The molecule has 4 nitrogen and oxygen atoms in total. The smallest absolute Gasteiger partial charge is 0.252 e. The van der Waals surface area contributed by atoms with Crippen molar-refractivity contribution < 1.29 is 9.21 Å². The molecule has 23 heavy (non-hydrogen) atoms. The van der Waals surface area contributed by atoms with Gasteiger partial charge in [0, 0.05) is 11.9 Å². The van der Waals surface area contributed by atoms with Crippen molar-refractivity contribution in [1.82, 2.24) is 10.3 Å². The van der Waals surface area contributed by atoms with Crippen LogP contribution in [0.25, 0.3) is 22.4 Å². The van der Waals surface area contributed by atoms with E-state index in [4.69, 9.17) is 4.42 Å². The van der Waals surface area contributed by atoms with E-state index in [-0.39, 0.29) is 5.91 Å². The third-order valence-corrected chi connectivity index (χ3v) is 3.80. The van der Waals surface area contributed by atoms with Gasteiger partial charge in [0.2, 0.25) is 0 Å². The van der Waals surface area contributed by atoms with Gasteiger partial charge in [-0.25, -0.2) is 4.98 Å². The number of amides is 1. The number of fused-ring (bicyclic) bond motifs is 1. The van der Waals surface area contributed by atoms with Crippen LogP contribution in [0.2, 0.25) is 0 Å². The van der Waals surface area contributed by atoms with Gasteiger partial charge in [0.15, 0.2) is 5.76 Å². The maximum absolute atomic E-state index is 12.6. The van der Waals surface area contributed by atoms with Gasteiger partial charge in [-0.15, -0.1) is 0 Å². The molecule has 3 rings (SSSR count). The van der Waals surface area contributed by atoms with E-state index in [0.29, 0.717) is 23.6 Å². The summed E-state index contributed by atoms with van der Waals surface area (Å²) in [6.07, 6.45) is 4.86. The summed E-state index contributed by atoms with van der Waals surface area (Å²) in [6.45, 7) is 2.84. The van der Waals surface area contributed by atoms with Crippen molar-refractivity contribution in [2.45, 2.75) is 26.2 Å². The number of para-hydroxylation sites is 1. The van der Waals surface area contributed by atoms with E-state index in [1.54, 1.807) is 12.3 Å². The second-order valence-electron chi connectivity index (χ2n) is 5.51. The molecular weight excluding hydrogens is 288 g/mol. The molecule has 1 N–H and O–H groups in total. The highest BCUT2D eigenvalue weighted by Gasteiger charge is 2.14. The van der Waals surface area contributed by atoms with E-state index in [1.165, 1.54) is 0 Å². The maximum Gasteiger partial charge on any atom is 0.252 e. The number of hydrogen-bond acceptors (Lipinski definition) is 3. The van der Waals surface area contributed by atoms with E-state index < -0.39 is 0 Å². The van der Waals surface area contributed by atoms with Crippen molar-refractivity contribution >= 4 is 16.8 Å². The van der Waals surface area contributed by atoms with Crippen LogP contribution in [0.15, 0.2) is 53.1 Å². The van der Waals surface area contributed by atoms with Gasteiger partial charge in [0.05, 0.1) is 17.3 Å². The second-order valence-corrected chi connectivity index (χ2v) is 5.51. The number of carbonyl (C=O) groups excluding carboxylic acids is 1. The van der Waals surface area contributed by atoms with Gasteiger partial charge in [-0.05, 0) is 30.7 Å². The molecule has 2 aromatic heterocycles. The first-order valence-corrected chi connectivity index (χ1v) is 8.01. The zero-order valence-corrected chi connectivity index (χ0v) is 13.2. The molecule has 0 unspecified atom stereocenters. The van der Waals surface area contributed by atoms with E-state index in [2.05, 4.69) is 17.2 Å². The second kappa shape index (κ2) is 7.09. The molecule has 0 spiro atoms. The van der Waals surface area contributed by atoms with Crippen LogP contribution in [-0.2, 0) is 0 Å². The van der Waals surface area contributed by atoms with Gasteiger partial charge in [-0.1, -0.05) is 38.0 Å². The number of nitrogens with one attached hydrogen (secondary N) is 1. The predicted molar refractivity (Wildman–Crippen MR) is 91.3 cm³/mol. The number of nitrogens with zero attached hydrogens (tertiary/aromatic N) is 1. The van der Waals surface area contributed by atoms with Crippen molar-refractivity contribution in [1.29, 1.82) is 0 Å². The Morgan fingerprint density at radius 3 is 2.83 bits per heavy atom. The third kappa shape index (κ3) is 3.42. The topological polar surface area (TPSA) is 55.1 Å². The molecule has 3 aromatic rings. The fraction of sp³-hybridized carbons (Fsp3) is 0.263. The summed E-state index contributed by atoms with van der Waals surface area (Å²) in [5, 5.41) is 3.86. The number of aromatic nitrogens is 1. The van der Waals surface area contributed by atoms with Gasteiger partial charge < -0.3 is 9.73 Å². The number of furan rings is 1. The molecular formula is C19H20N2O2. The number of pyridine rings is 1. The average Bonchev–Trinajstić information content (AvgIpc) is 3.12. The third-order valence-electron chi connectivity index (χ3n) is 3.80. The Balaban J connectivity index is 1.95. The summed E-state index contributed by atoms with van der Waals surface area (Å²) in [7, 11) is 0. The standard InChI is InChI=1S/C19H20N2O2/c1-2-3-6-11-20-19(22)15-13-17(18-10-7-12-23-18)21-16-9-5-4-8-14(15)16/h4-5,7-10,12-13H,2-3,6,11H2,1H3,(H,20,22). The van der Waals surface area contributed by atoms with Crippen LogP contribution in [-0.4, -0.2) is 17.4 Å². The molecule has 0 saturated heterocycles. The number of unbranched alkanes of at least 4 members (excludes halogenated alkanes) is 2. The van der Waals surface area contributed by atoms with Gasteiger partial charge in [-0.2, -0.15) is 0 Å². The zero-order chi connectivity index (χ0) is 16.1. The average molecular weight is 308 g/mol. The molecule has 118 valence electrons. The number of hydrogen-bond donors (Lipinski definition) is 1. The fourth-order valence-electron chi connectivity index (χ4n) is 2.59. The molecule has 0 aliphatic heterocycles. The first kappa shape index (κ1) is 15.3. The Bertz CT molecular complexity index is 794. The van der Waals surface area contributed by atoms with E-state index >= 15 is 0 Å². The molecule has 1 aromatic carbocycles. The van der Waals surface area contributed by atoms with Crippen molar-refractivity contribution in [3.05, 3.63) is 54.3 Å². The molecule has 4 heteroatoms. The minimum atomic E-state index is -0.0625. The maximum atomic E-state index is 12.6. The summed E-state index contributed by atoms with van der Waals surface area (Å²) in [6, 6.07) is 13.1. The van der Waals surface area contributed by atoms with Crippen LogP contribution in [0.3, 0.4) is 0 Å². The molecule has 1 amide bonds. The lowest BCUT2D eigenvalue weighted by atomic mass is 10.1. The molecule has 0 saturated carbocycles. The first-order chi connectivity index (χ1) is 11.3. The van der Waals surface area contributed by atoms with E-state index in [0.717, 1.165) is 30.2 Å². The Kier molecular flexibility index (Phi) is 4.71. The molecule has 0 radical (unpaired) electrons. The van der Waals surface area contributed by atoms with Crippen LogP contribution < -0.4 is 5.32 Å². The number of carbonyl (C=O) groups is 1. The minimum Gasteiger partial charge on any atom is -0.463 e. The number of rotatable bonds is 6. The summed E-state index contributed by atoms with van der Waals surface area (Å²) in [4.78, 5) is 17.2. The van der Waals surface area contributed by atoms with E-state index in [1.807, 2.05) is 36.4 Å². The quantitative estimate of drug-likeness (QED) is 0.686. The zero-order valence-electron chi connectivity index (χ0n) is 13.2. The Hall–Kier alpha value is -2.62. The largest absolute Gasteiger partial charge is 0.463 e. The highest BCUT2D eigenvalue weighted by molar-refractivity contribution is 6.07. The predicted octanol–water partition coefficient (Wildman–Crippen LogP) is 4.41. The van der Waals surface area contributed by atoms with Gasteiger partial charge in [0.25, 0.3) is 5.91 Å². The van der Waals surface area contributed by atoms with Gasteiger partial charge in [-0.3, -0.25) is 4.79 Å². The summed E-state index contributed by atoms with van der Waals surface area (Å²) >= 11 is 0. The van der Waals surface area contributed by atoms with Crippen LogP contribution >= 0.6 is 0 Å². The monoisotopic (exact) mass is 308 g/mol. The first-order valence-electron chi connectivity index (χ1n) is 8.01. The summed E-state index contributed by atoms with van der Waals surface area (Å²) in [5.41, 5.74) is 2.10. The molecule has 0 fully saturated rings.